The lowest BCUT2D eigenvalue weighted by molar-refractivity contribution is -0.122. The number of fused-ring (bicyclic) bond motifs is 2. The van der Waals surface area contributed by atoms with Crippen LogP contribution in [-0.4, -0.2) is 69.0 Å². The van der Waals surface area contributed by atoms with E-state index >= 15 is 0 Å². The molecule has 62 heavy (non-hydrogen) atoms. The first kappa shape index (κ1) is 40.8. The summed E-state index contributed by atoms with van der Waals surface area (Å²) >= 11 is 0. The number of aryl methyl sites for hydroxylation is 1. The molecular formula is C50H54N4O6S2. The number of ketones is 1. The number of nitrogens with zero attached hydrogens (tertiary/aromatic N) is 2. The molecule has 2 aromatic rings. The van der Waals surface area contributed by atoms with E-state index in [0.717, 1.165) is 89.9 Å². The normalized spacial score (nSPS) is 33.5. The number of aliphatic hydroxyl groups excluding tert-OH is 3. The number of carbonyl (C=O) groups is 1. The number of ether oxygens (including phenoxy) is 2. The third-order valence-corrected chi connectivity index (χ3v) is 17.8. The standard InChI is InChI=1S/C50H54N4O6S2/c1-28-4-8-32(41(57)20-28)42(58)21-30(55)7-5-29-6-13-43-46-37(29)25-61-62-27-50-17-14-31-35-22-52-39-24-54(23-36(35)39)48(60-46)38(49(18-19-59-43)15-2-3-16-49)11-12-40(56)33-9-10-34(45(50)44(31)33)47(51)53-26-50/h4,6,8-10,13,22-23,28,31-32,38,40-42,47-48,53,56-58H,2-3,5,7,14-17,20-21,24-27,51H2,1H3/t28-,31+,32+,38+,40+,41-,42+,47+,48+,50+/m1/s1. The highest BCUT2D eigenvalue weighted by molar-refractivity contribution is 8.76. The van der Waals surface area contributed by atoms with Crippen molar-refractivity contribution in [1.82, 2.24) is 10.2 Å². The lowest BCUT2D eigenvalue weighted by Gasteiger charge is -2.49. The third-order valence-electron chi connectivity index (χ3n) is 15.4. The number of rotatable bonds is 6. The van der Waals surface area contributed by atoms with E-state index in [1.54, 1.807) is 10.8 Å². The summed E-state index contributed by atoms with van der Waals surface area (Å²) < 4.78 is 13.9. The molecule has 6 N–H and O–H groups in total. The summed E-state index contributed by atoms with van der Waals surface area (Å²) in [5, 5.41) is 37.9. The molecule has 12 heteroatoms. The van der Waals surface area contributed by atoms with Gasteiger partial charge in [0.25, 0.3) is 0 Å². The minimum atomic E-state index is -1.04. The Hall–Kier alpha value is -3.98. The van der Waals surface area contributed by atoms with Crippen molar-refractivity contribution in [1.29, 1.82) is 0 Å². The average Bonchev–Trinajstić information content (AvgIpc) is 4.01. The van der Waals surface area contributed by atoms with Crippen molar-refractivity contribution < 1.29 is 29.6 Å². The molecule has 2 aromatic carbocycles. The fraction of sp³-hybridized carbons (Fsp3) is 0.520. The maximum absolute atomic E-state index is 13.6. The van der Waals surface area contributed by atoms with Crippen molar-refractivity contribution in [2.24, 2.45) is 33.9 Å². The second-order valence-electron chi connectivity index (χ2n) is 19.1. The van der Waals surface area contributed by atoms with E-state index in [9.17, 15) is 20.1 Å². The van der Waals surface area contributed by atoms with Gasteiger partial charge in [-0.1, -0.05) is 89.5 Å². The predicted molar refractivity (Wildman–Crippen MR) is 242 cm³/mol. The van der Waals surface area contributed by atoms with Crippen molar-refractivity contribution in [2.45, 2.75) is 119 Å². The van der Waals surface area contributed by atoms with Crippen molar-refractivity contribution in [3.05, 3.63) is 93.3 Å². The van der Waals surface area contributed by atoms with Gasteiger partial charge in [0.15, 0.2) is 17.7 Å². The van der Waals surface area contributed by atoms with Crippen LogP contribution < -0.4 is 20.5 Å². The number of hydrogen-bond acceptors (Lipinski definition) is 12. The summed E-state index contributed by atoms with van der Waals surface area (Å²) in [5.41, 5.74) is 15.7. The number of Topliss-reactive ketones (excluding diaryl/α,β-unsaturated/α-hetero) is 1. The van der Waals surface area contributed by atoms with Crippen LogP contribution in [0.3, 0.4) is 0 Å². The molecule has 8 heterocycles. The molecule has 0 aromatic heterocycles. The molecule has 10 bridgehead atoms. The van der Waals surface area contributed by atoms with Crippen LogP contribution >= 0.6 is 21.6 Å². The molecule has 1 saturated carbocycles. The first-order valence-electron chi connectivity index (χ1n) is 22.5. The highest BCUT2D eigenvalue weighted by Gasteiger charge is 2.52. The van der Waals surface area contributed by atoms with Gasteiger partial charge in [0, 0.05) is 71.7 Å². The maximum atomic E-state index is 13.6. The molecule has 8 aliphatic heterocycles. The molecule has 0 amide bonds. The van der Waals surface area contributed by atoms with E-state index in [1.165, 1.54) is 11.1 Å². The molecule has 11 aliphatic rings. The Bertz CT molecular complexity index is 2470. The van der Waals surface area contributed by atoms with Gasteiger partial charge >= 0.3 is 0 Å². The molecule has 322 valence electrons. The molecule has 0 saturated heterocycles. The Morgan fingerprint density at radius 2 is 1.97 bits per heavy atom. The summed E-state index contributed by atoms with van der Waals surface area (Å²) in [6.07, 6.45) is 14.5. The van der Waals surface area contributed by atoms with E-state index in [0.29, 0.717) is 36.6 Å². The van der Waals surface area contributed by atoms with Crippen molar-refractivity contribution in [3.8, 4) is 35.4 Å². The van der Waals surface area contributed by atoms with Gasteiger partial charge in [-0.05, 0) is 83.9 Å². The fourth-order valence-electron chi connectivity index (χ4n) is 12.0. The minimum absolute atomic E-state index is 0.0212. The summed E-state index contributed by atoms with van der Waals surface area (Å²) in [6.45, 7) is 3.32. The number of aliphatic imine (C=N–C) groups is 1. The highest BCUT2D eigenvalue weighted by Crippen LogP contribution is 2.57. The number of nitrogens with one attached hydrogen (secondary N) is 1. The zero-order valence-electron chi connectivity index (χ0n) is 35.1. The van der Waals surface area contributed by atoms with Crippen LogP contribution in [0.1, 0.15) is 116 Å². The lowest BCUT2D eigenvalue weighted by Crippen LogP contribution is -2.52. The molecule has 10 atom stereocenters. The second kappa shape index (κ2) is 15.9. The van der Waals surface area contributed by atoms with Crippen LogP contribution in [0.5, 0.6) is 11.5 Å². The van der Waals surface area contributed by atoms with Gasteiger partial charge in [-0.25, -0.2) is 0 Å². The van der Waals surface area contributed by atoms with Crippen LogP contribution in [0, 0.1) is 47.0 Å². The predicted octanol–water partition coefficient (Wildman–Crippen LogP) is 6.61. The first-order valence-corrected chi connectivity index (χ1v) is 25.0. The van der Waals surface area contributed by atoms with Gasteiger partial charge in [0.05, 0.1) is 42.0 Å². The molecule has 2 spiro atoms. The zero-order chi connectivity index (χ0) is 42.3. The van der Waals surface area contributed by atoms with E-state index in [-0.39, 0.29) is 42.0 Å². The molecule has 1 fully saturated rings. The van der Waals surface area contributed by atoms with E-state index in [2.05, 4.69) is 58.6 Å². The number of allylic oxidation sites excluding steroid dienone is 2. The van der Waals surface area contributed by atoms with Crippen LogP contribution in [0.4, 0.5) is 0 Å². The van der Waals surface area contributed by atoms with Gasteiger partial charge in [-0.2, -0.15) is 0 Å². The van der Waals surface area contributed by atoms with Gasteiger partial charge in [0.1, 0.15) is 18.0 Å². The molecule has 3 aliphatic carbocycles. The van der Waals surface area contributed by atoms with Gasteiger partial charge in [-0.3, -0.25) is 15.1 Å². The van der Waals surface area contributed by atoms with E-state index < -0.39 is 41.8 Å². The number of carbonyl (C=O) groups excluding carboxylic acids is 1. The Balaban J connectivity index is 1.05. The zero-order valence-corrected chi connectivity index (χ0v) is 36.7. The summed E-state index contributed by atoms with van der Waals surface area (Å²) in [4.78, 5) is 21.0. The topological polar surface area (TPSA) is 150 Å². The molecule has 13 rings (SSSR count). The Labute approximate surface area is 371 Å². The quantitative estimate of drug-likeness (QED) is 0.121. The van der Waals surface area contributed by atoms with Crippen LogP contribution in [-0.2, 0) is 22.4 Å². The first-order chi connectivity index (χ1) is 30.1. The number of nitrogens with two attached hydrogens (primary N) is 1. The van der Waals surface area contributed by atoms with Gasteiger partial charge in [-0.15, -0.1) is 0 Å². The minimum Gasteiger partial charge on any atom is -0.465 e. The number of hydrogen-bond donors (Lipinski definition) is 5. The molecule has 0 radical (unpaired) electrons. The molecular weight excluding hydrogens is 817 g/mol. The molecule has 0 unspecified atom stereocenters. The SMILES string of the molecule is C[C@@H]1C=C[C@H]([C@@H](O)CC(=O)CCc2ccc3c4c2CSSC[C@@]25CC[C@H]6C7=CN=C8CN(C=C78)[C@@H](O4)[C@H](C#C[C@H](O)c4ccc(c2c46)[C@@H](N)NC5)C2(C#CO3)CCCC2)[C@H](O)C1. The summed E-state index contributed by atoms with van der Waals surface area (Å²) in [7, 11) is 3.62. The van der Waals surface area contributed by atoms with E-state index in [1.807, 2.05) is 42.0 Å². The number of aliphatic hydroxyl groups is 3. The Morgan fingerprint density at radius 1 is 1.11 bits per heavy atom. The molecule has 10 nitrogen and oxygen atoms in total. The van der Waals surface area contributed by atoms with Crippen LogP contribution in [0.15, 0.2) is 65.0 Å². The smallest absolute Gasteiger partial charge is 0.187 e. The highest BCUT2D eigenvalue weighted by atomic mass is 33.1. The summed E-state index contributed by atoms with van der Waals surface area (Å²) in [5.74, 6) is 12.6. The van der Waals surface area contributed by atoms with Crippen molar-refractivity contribution in [2.75, 3.05) is 18.8 Å². The van der Waals surface area contributed by atoms with Crippen molar-refractivity contribution in [3.63, 3.8) is 0 Å². The Morgan fingerprint density at radius 3 is 2.82 bits per heavy atom. The monoisotopic (exact) mass is 870 g/mol. The van der Waals surface area contributed by atoms with Crippen LogP contribution in [0.25, 0.3) is 0 Å². The summed E-state index contributed by atoms with van der Waals surface area (Å²) in [6, 6.07) is 8.14. The lowest BCUT2D eigenvalue weighted by atomic mass is 9.61. The van der Waals surface area contributed by atoms with Gasteiger partial charge in [0.2, 0.25) is 0 Å². The largest absolute Gasteiger partial charge is 0.465 e. The van der Waals surface area contributed by atoms with Gasteiger partial charge < -0.3 is 35.4 Å². The maximum Gasteiger partial charge on any atom is 0.187 e. The van der Waals surface area contributed by atoms with E-state index in [4.69, 9.17) is 20.2 Å². The third kappa shape index (κ3) is 6.79. The fourth-order valence-corrected chi connectivity index (χ4v) is 14.8. The Kier molecular flexibility index (Phi) is 10.5. The average molecular weight is 871 g/mol. The second-order valence-corrected chi connectivity index (χ2v) is 21.6. The number of benzene rings is 2. The van der Waals surface area contributed by atoms with Crippen molar-refractivity contribution >= 4 is 33.1 Å². The van der Waals surface area contributed by atoms with Crippen LogP contribution in [0.2, 0.25) is 0 Å².